The van der Waals surface area contributed by atoms with Gasteiger partial charge in [0.25, 0.3) is 0 Å². The first-order valence-electron chi connectivity index (χ1n) is 4.79. The van der Waals surface area contributed by atoms with Crippen LogP contribution in [0.3, 0.4) is 0 Å². The molecule has 0 aliphatic carbocycles. The monoisotopic (exact) mass is 162 g/mol. The predicted molar refractivity (Wildman–Crippen MR) is 49.9 cm³/mol. The maximum Gasteiger partial charge on any atom is 0.0687 e. The molecule has 2 aromatic rings. The maximum absolute atomic E-state index is 9.32. The molecule has 0 spiro atoms. The summed E-state index contributed by atoms with van der Waals surface area (Å²) in [4.78, 5) is 0. The van der Waals surface area contributed by atoms with Crippen LogP contribution in [0.25, 0.3) is 10.8 Å². The van der Waals surface area contributed by atoms with Gasteiger partial charge in [-0.1, -0.05) is 42.5 Å². The van der Waals surface area contributed by atoms with Gasteiger partial charge in [-0.3, -0.25) is 0 Å². The lowest BCUT2D eigenvalue weighted by molar-refractivity contribution is 0.283. The highest BCUT2D eigenvalue weighted by atomic mass is 16.3. The zero-order valence-corrected chi connectivity index (χ0v) is 6.49. The second-order valence-electron chi connectivity index (χ2n) is 2.64. The lowest BCUT2D eigenvalue weighted by atomic mass is 10.1. The number of fused-ring (bicyclic) bond motifs is 1. The summed E-state index contributed by atoms with van der Waals surface area (Å²) >= 11 is 0. The lowest BCUT2D eigenvalue weighted by Crippen LogP contribution is -1.84. The Morgan fingerprint density at radius 2 is 1.83 bits per heavy atom. The van der Waals surface area contributed by atoms with Crippen LogP contribution < -0.4 is 0 Å². The van der Waals surface area contributed by atoms with E-state index in [4.69, 9.17) is 2.74 Å². The Labute approximate surface area is 74.1 Å². The summed E-state index contributed by atoms with van der Waals surface area (Å²) in [5.74, 6) is 0. The van der Waals surface area contributed by atoms with E-state index >= 15 is 0 Å². The number of hydrogen-bond acceptors (Lipinski definition) is 1. The first-order valence-corrected chi connectivity index (χ1v) is 3.79. The maximum atomic E-state index is 9.32. The number of benzene rings is 2. The van der Waals surface area contributed by atoms with E-state index in [-0.39, 0.29) is 0 Å². The standard InChI is InChI=1S/C11H10O/c12-8-10-6-3-5-9-4-1-2-7-11(9)10/h1-7,12H,8H2/i8T2. The van der Waals surface area contributed by atoms with E-state index < -0.39 is 6.56 Å². The van der Waals surface area contributed by atoms with Crippen LogP contribution in [-0.2, 0) is 6.56 Å². The molecule has 0 aliphatic heterocycles. The SMILES string of the molecule is [3H]C([3H])(O)c1cccc2ccccc12. The van der Waals surface area contributed by atoms with Gasteiger partial charge < -0.3 is 5.11 Å². The quantitative estimate of drug-likeness (QED) is 0.682. The number of hydrogen-bond donors (Lipinski definition) is 1. The molecular formula is C11H10O. The average Bonchev–Trinajstić information content (AvgIpc) is 2.15. The van der Waals surface area contributed by atoms with Crippen LogP contribution in [0.5, 0.6) is 0 Å². The van der Waals surface area contributed by atoms with Gasteiger partial charge in [0.2, 0.25) is 0 Å². The minimum absolute atomic E-state index is 0.315. The van der Waals surface area contributed by atoms with Gasteiger partial charge in [0, 0.05) is 0 Å². The fourth-order valence-corrected chi connectivity index (χ4v) is 1.32. The topological polar surface area (TPSA) is 20.2 Å². The van der Waals surface area contributed by atoms with Crippen molar-refractivity contribution in [2.45, 2.75) is 6.56 Å². The Morgan fingerprint density at radius 1 is 1.08 bits per heavy atom. The highest BCUT2D eigenvalue weighted by molar-refractivity contribution is 5.85. The zero-order valence-electron chi connectivity index (χ0n) is 8.49. The molecular weight excluding hydrogens is 148 g/mol. The summed E-state index contributed by atoms with van der Waals surface area (Å²) in [6.07, 6.45) is 0. The Balaban J connectivity index is 2.78. The van der Waals surface area contributed by atoms with Crippen molar-refractivity contribution in [2.75, 3.05) is 0 Å². The second kappa shape index (κ2) is 2.95. The minimum atomic E-state index is -2.28. The first kappa shape index (κ1) is 5.33. The third-order valence-electron chi connectivity index (χ3n) is 1.91. The Bertz CT molecular complexity index is 455. The highest BCUT2D eigenvalue weighted by Crippen LogP contribution is 2.17. The summed E-state index contributed by atoms with van der Waals surface area (Å²) in [5, 5.41) is 11.0. The molecule has 0 aliphatic rings. The molecule has 0 radical (unpaired) electrons. The molecule has 0 saturated heterocycles. The van der Waals surface area contributed by atoms with Crippen molar-refractivity contribution in [3.63, 3.8) is 0 Å². The van der Waals surface area contributed by atoms with Crippen molar-refractivity contribution in [3.8, 4) is 0 Å². The molecule has 2 aromatic carbocycles. The third kappa shape index (κ3) is 1.08. The van der Waals surface area contributed by atoms with Gasteiger partial charge in [0.05, 0.1) is 9.30 Å². The normalized spacial score (nSPS) is 14.1. The minimum Gasteiger partial charge on any atom is -0.392 e. The first-order chi connectivity index (χ1) is 6.59. The molecule has 0 unspecified atom stereocenters. The van der Waals surface area contributed by atoms with Gasteiger partial charge in [-0.2, -0.15) is 0 Å². The molecule has 0 heterocycles. The molecule has 0 aromatic heterocycles. The molecule has 1 heteroatoms. The van der Waals surface area contributed by atoms with E-state index in [0.717, 1.165) is 10.8 Å². The van der Waals surface area contributed by atoms with Crippen LogP contribution in [0.4, 0.5) is 0 Å². The zero-order chi connectivity index (χ0) is 10.2. The average molecular weight is 162 g/mol. The van der Waals surface area contributed by atoms with Crippen LogP contribution in [0.1, 0.15) is 8.30 Å². The molecule has 1 N–H and O–H groups in total. The molecule has 0 amide bonds. The van der Waals surface area contributed by atoms with Crippen LogP contribution in [0.15, 0.2) is 42.5 Å². The van der Waals surface area contributed by atoms with Crippen molar-refractivity contribution in [1.82, 2.24) is 0 Å². The van der Waals surface area contributed by atoms with Gasteiger partial charge in [0.1, 0.15) is 0 Å². The van der Waals surface area contributed by atoms with E-state index in [2.05, 4.69) is 0 Å². The molecule has 0 saturated carbocycles. The molecule has 0 atom stereocenters. The van der Waals surface area contributed by atoms with Crippen LogP contribution in [0.2, 0.25) is 0 Å². The van der Waals surface area contributed by atoms with E-state index in [1.807, 2.05) is 24.3 Å². The van der Waals surface area contributed by atoms with Crippen LogP contribution in [-0.4, -0.2) is 5.11 Å². The van der Waals surface area contributed by atoms with E-state index in [1.165, 1.54) is 0 Å². The largest absolute Gasteiger partial charge is 0.392 e. The molecule has 1 nitrogen and oxygen atoms in total. The van der Waals surface area contributed by atoms with Gasteiger partial charge in [0.15, 0.2) is 0 Å². The molecule has 0 fully saturated rings. The molecule has 2 rings (SSSR count). The summed E-state index contributed by atoms with van der Waals surface area (Å²) in [6.45, 7) is -2.28. The summed E-state index contributed by atoms with van der Waals surface area (Å²) < 4.78 is 14.6. The summed E-state index contributed by atoms with van der Waals surface area (Å²) in [7, 11) is 0. The van der Waals surface area contributed by atoms with Gasteiger partial charge in [-0.05, 0) is 16.3 Å². The third-order valence-corrected chi connectivity index (χ3v) is 1.91. The van der Waals surface area contributed by atoms with Gasteiger partial charge in [-0.15, -0.1) is 0 Å². The van der Waals surface area contributed by atoms with Gasteiger partial charge in [-0.25, -0.2) is 0 Å². The molecule has 12 heavy (non-hydrogen) atoms. The highest BCUT2D eigenvalue weighted by Gasteiger charge is 1.96. The van der Waals surface area contributed by atoms with Crippen LogP contribution in [0, 0.1) is 0 Å². The second-order valence-corrected chi connectivity index (χ2v) is 2.64. The van der Waals surface area contributed by atoms with Crippen molar-refractivity contribution in [2.24, 2.45) is 0 Å². The van der Waals surface area contributed by atoms with Crippen molar-refractivity contribution in [1.29, 1.82) is 0 Å². The van der Waals surface area contributed by atoms with E-state index in [0.29, 0.717) is 5.56 Å². The lowest BCUT2D eigenvalue weighted by Gasteiger charge is -2.01. The summed E-state index contributed by atoms with van der Waals surface area (Å²) in [6, 6.07) is 12.7. The fourth-order valence-electron chi connectivity index (χ4n) is 1.32. The molecule has 0 bridgehead atoms. The number of aliphatic hydroxyl groups is 1. The fraction of sp³-hybridized carbons (Fsp3) is 0.0909. The predicted octanol–water partition coefficient (Wildman–Crippen LogP) is 2.33. The van der Waals surface area contributed by atoms with E-state index in [9.17, 15) is 5.11 Å². The Kier molecular flexibility index (Phi) is 1.31. The van der Waals surface area contributed by atoms with E-state index in [1.54, 1.807) is 18.2 Å². The number of rotatable bonds is 1. The summed E-state index contributed by atoms with van der Waals surface area (Å²) in [5.41, 5.74) is 0.315. The Hall–Kier alpha value is -1.34. The van der Waals surface area contributed by atoms with Crippen molar-refractivity contribution < 1.29 is 7.85 Å². The van der Waals surface area contributed by atoms with Crippen molar-refractivity contribution >= 4 is 10.8 Å². The Morgan fingerprint density at radius 3 is 2.67 bits per heavy atom. The smallest absolute Gasteiger partial charge is 0.0687 e. The molecule has 60 valence electrons. The van der Waals surface area contributed by atoms with Crippen molar-refractivity contribution in [3.05, 3.63) is 48.0 Å². The van der Waals surface area contributed by atoms with Crippen LogP contribution >= 0.6 is 0 Å². The van der Waals surface area contributed by atoms with Gasteiger partial charge >= 0.3 is 0 Å².